The van der Waals surface area contributed by atoms with Gasteiger partial charge >= 0.3 is 0 Å². The number of hydrogen-bond acceptors (Lipinski definition) is 3. The first kappa shape index (κ1) is 13.7. The van der Waals surface area contributed by atoms with Gasteiger partial charge in [-0.05, 0) is 55.3 Å². The van der Waals surface area contributed by atoms with Crippen LogP contribution in [0, 0.1) is 13.8 Å². The van der Waals surface area contributed by atoms with Gasteiger partial charge in [-0.25, -0.2) is 0 Å². The molecular weight excluding hydrogens is 286 g/mol. The van der Waals surface area contributed by atoms with E-state index in [1.54, 1.807) is 18.2 Å². The molecule has 0 aliphatic rings. The van der Waals surface area contributed by atoms with Crippen molar-refractivity contribution >= 4 is 22.6 Å². The molecule has 0 amide bonds. The second-order valence-electron chi connectivity index (χ2n) is 5.06. The van der Waals surface area contributed by atoms with E-state index >= 15 is 0 Å². The fourth-order valence-electron chi connectivity index (χ4n) is 2.46. The molecule has 0 unspecified atom stereocenters. The number of benzene rings is 2. The largest absolute Gasteiger partial charge is 0.456 e. The van der Waals surface area contributed by atoms with Crippen LogP contribution in [0.25, 0.3) is 22.3 Å². The van der Waals surface area contributed by atoms with Gasteiger partial charge < -0.3 is 9.62 Å². The standard InChI is InChI=1S/C17H14ClNO2/c1-10-7-11(2)17-14(8-10)15(19-20)9-16(21-17)12-3-5-13(18)6-4-12/h3-9,20H,1-2H3. The number of aryl methyl sites for hydroxylation is 2. The summed E-state index contributed by atoms with van der Waals surface area (Å²) in [4.78, 5) is 0. The zero-order valence-electron chi connectivity index (χ0n) is 11.7. The van der Waals surface area contributed by atoms with Gasteiger partial charge in [0.15, 0.2) is 0 Å². The van der Waals surface area contributed by atoms with Gasteiger partial charge in [-0.3, -0.25) is 0 Å². The monoisotopic (exact) mass is 299 g/mol. The summed E-state index contributed by atoms with van der Waals surface area (Å²) in [5, 5.41) is 14.7. The molecule has 0 aliphatic heterocycles. The lowest BCUT2D eigenvalue weighted by atomic mass is 10.1. The van der Waals surface area contributed by atoms with Gasteiger partial charge in [-0.1, -0.05) is 22.8 Å². The van der Waals surface area contributed by atoms with Crippen molar-refractivity contribution in [2.75, 3.05) is 0 Å². The van der Waals surface area contributed by atoms with E-state index in [9.17, 15) is 5.21 Å². The number of hydrogen-bond donors (Lipinski definition) is 1. The Hall–Kier alpha value is -2.26. The molecule has 1 heterocycles. The SMILES string of the molecule is Cc1cc(C)c2oc(-c3ccc(Cl)cc3)cc(=NO)c2c1. The highest BCUT2D eigenvalue weighted by atomic mass is 35.5. The van der Waals surface area contributed by atoms with Gasteiger partial charge in [0.05, 0.1) is 0 Å². The highest BCUT2D eigenvalue weighted by Gasteiger charge is 2.09. The highest BCUT2D eigenvalue weighted by molar-refractivity contribution is 6.30. The first-order valence-electron chi connectivity index (χ1n) is 6.57. The van der Waals surface area contributed by atoms with Crippen LogP contribution in [0.3, 0.4) is 0 Å². The van der Waals surface area contributed by atoms with Crippen molar-refractivity contribution in [1.29, 1.82) is 0 Å². The van der Waals surface area contributed by atoms with Crippen molar-refractivity contribution in [1.82, 2.24) is 0 Å². The van der Waals surface area contributed by atoms with Gasteiger partial charge in [0.2, 0.25) is 0 Å². The van der Waals surface area contributed by atoms with Crippen molar-refractivity contribution < 1.29 is 9.62 Å². The lowest BCUT2D eigenvalue weighted by molar-refractivity contribution is 0.302. The van der Waals surface area contributed by atoms with Crippen LogP contribution in [-0.4, -0.2) is 5.21 Å². The van der Waals surface area contributed by atoms with E-state index in [0.717, 1.165) is 27.7 Å². The summed E-state index contributed by atoms with van der Waals surface area (Å²) in [5.74, 6) is 0.638. The third kappa shape index (κ3) is 2.52. The molecule has 0 bridgehead atoms. The van der Waals surface area contributed by atoms with Gasteiger partial charge in [0.1, 0.15) is 16.7 Å². The van der Waals surface area contributed by atoms with Crippen LogP contribution in [0.4, 0.5) is 0 Å². The number of halogens is 1. The number of nitrogens with zero attached hydrogens (tertiary/aromatic N) is 1. The molecule has 0 aliphatic carbocycles. The minimum absolute atomic E-state index is 0.494. The maximum absolute atomic E-state index is 9.30. The second-order valence-corrected chi connectivity index (χ2v) is 5.50. The summed E-state index contributed by atoms with van der Waals surface area (Å²) in [6, 6.07) is 13.1. The smallest absolute Gasteiger partial charge is 0.139 e. The van der Waals surface area contributed by atoms with Crippen molar-refractivity contribution in [3.63, 3.8) is 0 Å². The Labute approximate surface area is 127 Å². The molecule has 0 atom stereocenters. The molecule has 0 radical (unpaired) electrons. The molecule has 1 N–H and O–H groups in total. The van der Waals surface area contributed by atoms with Crippen LogP contribution in [0.2, 0.25) is 5.02 Å². The van der Waals surface area contributed by atoms with Gasteiger partial charge in [-0.2, -0.15) is 0 Å². The third-order valence-corrected chi connectivity index (χ3v) is 3.66. The fourth-order valence-corrected chi connectivity index (χ4v) is 2.59. The zero-order valence-corrected chi connectivity index (χ0v) is 12.5. The van der Waals surface area contributed by atoms with Crippen molar-refractivity contribution in [3.05, 3.63) is 64.0 Å². The van der Waals surface area contributed by atoms with Gasteiger partial charge in [-0.15, -0.1) is 0 Å². The van der Waals surface area contributed by atoms with Crippen LogP contribution in [-0.2, 0) is 0 Å². The summed E-state index contributed by atoms with van der Waals surface area (Å²) in [7, 11) is 0. The van der Waals surface area contributed by atoms with Crippen molar-refractivity contribution in [3.8, 4) is 11.3 Å². The molecule has 3 rings (SSSR count). The quantitative estimate of drug-likeness (QED) is 0.524. The van der Waals surface area contributed by atoms with E-state index < -0.39 is 0 Å². The number of fused-ring (bicyclic) bond motifs is 1. The number of rotatable bonds is 1. The molecular formula is C17H14ClNO2. The molecule has 3 aromatic rings. The molecule has 0 saturated carbocycles. The Morgan fingerprint density at radius 3 is 2.43 bits per heavy atom. The van der Waals surface area contributed by atoms with Crippen LogP contribution in [0.1, 0.15) is 11.1 Å². The van der Waals surface area contributed by atoms with Crippen LogP contribution >= 0.6 is 11.6 Å². The summed E-state index contributed by atoms with van der Waals surface area (Å²) in [6.07, 6.45) is 0. The van der Waals surface area contributed by atoms with E-state index in [1.807, 2.05) is 38.1 Å². The first-order valence-corrected chi connectivity index (χ1v) is 6.95. The summed E-state index contributed by atoms with van der Waals surface area (Å²) in [5.41, 5.74) is 3.71. The molecule has 4 heteroatoms. The van der Waals surface area contributed by atoms with E-state index in [4.69, 9.17) is 16.0 Å². The zero-order chi connectivity index (χ0) is 15.0. The normalized spacial score (nSPS) is 12.0. The Morgan fingerprint density at radius 2 is 1.76 bits per heavy atom. The Bertz CT molecular complexity index is 880. The van der Waals surface area contributed by atoms with Crippen molar-refractivity contribution in [2.24, 2.45) is 5.16 Å². The van der Waals surface area contributed by atoms with E-state index in [2.05, 4.69) is 5.16 Å². The third-order valence-electron chi connectivity index (χ3n) is 3.41. The molecule has 0 spiro atoms. The van der Waals surface area contributed by atoms with Crippen LogP contribution in [0.15, 0.2) is 52.0 Å². The Morgan fingerprint density at radius 1 is 1.05 bits per heavy atom. The van der Waals surface area contributed by atoms with Crippen molar-refractivity contribution in [2.45, 2.75) is 13.8 Å². The topological polar surface area (TPSA) is 45.7 Å². The predicted molar refractivity (Wildman–Crippen MR) is 83.5 cm³/mol. The fraction of sp³-hybridized carbons (Fsp3) is 0.118. The van der Waals surface area contributed by atoms with Gasteiger partial charge in [0, 0.05) is 22.0 Å². The maximum Gasteiger partial charge on any atom is 0.139 e. The summed E-state index contributed by atoms with van der Waals surface area (Å²) in [6.45, 7) is 3.98. The van der Waals surface area contributed by atoms with Crippen LogP contribution < -0.4 is 5.36 Å². The summed E-state index contributed by atoms with van der Waals surface area (Å²) >= 11 is 5.91. The lowest BCUT2D eigenvalue weighted by Gasteiger charge is -2.07. The highest BCUT2D eigenvalue weighted by Crippen LogP contribution is 2.26. The minimum Gasteiger partial charge on any atom is -0.456 e. The molecule has 21 heavy (non-hydrogen) atoms. The van der Waals surface area contributed by atoms with Gasteiger partial charge in [0.25, 0.3) is 0 Å². The summed E-state index contributed by atoms with van der Waals surface area (Å²) < 4.78 is 6.00. The Balaban J connectivity index is 2.34. The second kappa shape index (κ2) is 5.26. The van der Waals surface area contributed by atoms with Crippen LogP contribution in [0.5, 0.6) is 0 Å². The molecule has 0 saturated heterocycles. The van der Waals surface area contributed by atoms with E-state index in [-0.39, 0.29) is 0 Å². The molecule has 0 fully saturated rings. The first-order chi connectivity index (χ1) is 10.1. The van der Waals surface area contributed by atoms with E-state index in [1.165, 1.54) is 0 Å². The average Bonchev–Trinajstić information content (AvgIpc) is 2.47. The minimum atomic E-state index is 0.494. The predicted octanol–water partition coefficient (Wildman–Crippen LogP) is 4.66. The molecule has 106 valence electrons. The molecule has 2 aromatic carbocycles. The maximum atomic E-state index is 9.30. The Kier molecular flexibility index (Phi) is 3.43. The molecule has 1 aromatic heterocycles. The molecule has 3 nitrogen and oxygen atoms in total. The average molecular weight is 300 g/mol. The lowest BCUT2D eigenvalue weighted by Crippen LogP contribution is -2.04. The van der Waals surface area contributed by atoms with E-state index in [0.29, 0.717) is 16.1 Å².